The molecule has 2 rings (SSSR count). The predicted octanol–water partition coefficient (Wildman–Crippen LogP) is 5.56. The summed E-state index contributed by atoms with van der Waals surface area (Å²) in [5, 5.41) is 19.1. The smallest absolute Gasteiger partial charge is 0.334 e. The Hall–Kier alpha value is -1.88. The zero-order valence-corrected chi connectivity index (χ0v) is 17.5. The van der Waals surface area contributed by atoms with Crippen LogP contribution in [0.15, 0.2) is 40.9 Å². The van der Waals surface area contributed by atoms with Crippen molar-refractivity contribution >= 4 is 23.8 Å². The van der Waals surface area contributed by atoms with Gasteiger partial charge >= 0.3 is 5.97 Å². The van der Waals surface area contributed by atoms with Crippen molar-refractivity contribution in [1.29, 1.82) is 0 Å². The number of benzene rings is 1. The Labute approximate surface area is 167 Å². The van der Waals surface area contributed by atoms with Crippen LogP contribution >= 0.6 is 11.8 Å². The molecule has 1 aromatic rings. The van der Waals surface area contributed by atoms with E-state index in [4.69, 9.17) is 0 Å². The molecule has 2 N–H and O–H groups in total. The van der Waals surface area contributed by atoms with Gasteiger partial charge < -0.3 is 15.1 Å². The lowest BCUT2D eigenvalue weighted by Gasteiger charge is -2.26. The second-order valence-electron chi connectivity index (χ2n) is 7.91. The molecule has 0 aliphatic carbocycles. The van der Waals surface area contributed by atoms with Gasteiger partial charge in [-0.05, 0) is 54.9 Å². The van der Waals surface area contributed by atoms with Crippen LogP contribution in [-0.4, -0.2) is 33.0 Å². The van der Waals surface area contributed by atoms with E-state index in [9.17, 15) is 15.0 Å². The molecule has 1 aliphatic rings. The zero-order chi connectivity index (χ0) is 20.0. The lowest BCUT2D eigenvalue weighted by molar-refractivity contribution is -0.132. The van der Waals surface area contributed by atoms with Crippen molar-refractivity contribution in [3.05, 3.63) is 46.5 Å². The van der Waals surface area contributed by atoms with E-state index >= 15 is 0 Å². The highest BCUT2D eigenvalue weighted by atomic mass is 32.2. The molecule has 1 atom stereocenters. The number of thioether (sulfide) groups is 1. The molecule has 0 fully saturated rings. The monoisotopic (exact) mass is 389 g/mol. The van der Waals surface area contributed by atoms with Crippen LogP contribution < -0.4 is 0 Å². The molecule has 1 unspecified atom stereocenters. The molecular formula is C22H31NO3S. The minimum absolute atomic E-state index is 0.176. The van der Waals surface area contributed by atoms with E-state index in [0.717, 1.165) is 31.4 Å². The van der Waals surface area contributed by atoms with Crippen molar-refractivity contribution in [2.75, 3.05) is 6.54 Å². The van der Waals surface area contributed by atoms with Crippen molar-refractivity contribution in [3.8, 4) is 5.75 Å². The number of carbonyl (C=O) groups is 1. The summed E-state index contributed by atoms with van der Waals surface area (Å²) in [6.45, 7) is 9.64. The Morgan fingerprint density at radius 3 is 2.33 bits per heavy atom. The van der Waals surface area contributed by atoms with Gasteiger partial charge in [0.25, 0.3) is 0 Å². The standard InChI is InChI=1S/C22H31NO3S/c1-15(2)5-10-19-14-23(12-11-16(3)4)21(27-19)20(22(25)26)13-17-6-8-18(24)9-7-17/h6-9,13-16,21,24H,5,10-12H2,1-4H3,(H,25,26). The number of rotatable bonds is 9. The van der Waals surface area contributed by atoms with E-state index in [1.807, 2.05) is 0 Å². The average Bonchev–Trinajstić information content (AvgIpc) is 3.00. The summed E-state index contributed by atoms with van der Waals surface area (Å²) >= 11 is 1.66. The number of nitrogens with zero attached hydrogens (tertiary/aromatic N) is 1. The molecule has 0 aromatic heterocycles. The molecule has 0 bridgehead atoms. The first kappa shape index (κ1) is 21.4. The van der Waals surface area contributed by atoms with Crippen molar-refractivity contribution in [2.45, 2.75) is 52.3 Å². The number of hydrogen-bond donors (Lipinski definition) is 2. The van der Waals surface area contributed by atoms with Crippen LogP contribution in [-0.2, 0) is 4.79 Å². The van der Waals surface area contributed by atoms with Crippen LogP contribution in [0.2, 0.25) is 0 Å². The fourth-order valence-electron chi connectivity index (χ4n) is 2.87. The van der Waals surface area contributed by atoms with Crippen molar-refractivity contribution in [1.82, 2.24) is 4.90 Å². The second kappa shape index (κ2) is 9.88. The Morgan fingerprint density at radius 2 is 1.78 bits per heavy atom. The van der Waals surface area contributed by atoms with E-state index in [0.29, 0.717) is 17.4 Å². The van der Waals surface area contributed by atoms with Crippen molar-refractivity contribution in [2.24, 2.45) is 11.8 Å². The molecule has 148 valence electrons. The van der Waals surface area contributed by atoms with E-state index in [2.05, 4.69) is 38.8 Å². The summed E-state index contributed by atoms with van der Waals surface area (Å²) in [6.07, 6.45) is 7.00. The van der Waals surface area contributed by atoms with Crippen molar-refractivity contribution < 1.29 is 15.0 Å². The maximum Gasteiger partial charge on any atom is 0.334 e. The van der Waals surface area contributed by atoms with Crippen LogP contribution in [0.4, 0.5) is 0 Å². The Morgan fingerprint density at radius 1 is 1.15 bits per heavy atom. The van der Waals surface area contributed by atoms with Crippen LogP contribution in [0.1, 0.15) is 52.5 Å². The molecule has 1 heterocycles. The van der Waals surface area contributed by atoms with Crippen LogP contribution in [0.5, 0.6) is 5.75 Å². The summed E-state index contributed by atoms with van der Waals surface area (Å²) in [5.74, 6) is 0.475. The molecule has 0 amide bonds. The summed E-state index contributed by atoms with van der Waals surface area (Å²) in [6, 6.07) is 6.64. The normalized spacial score (nSPS) is 17.7. The third kappa shape index (κ3) is 6.65. The van der Waals surface area contributed by atoms with Gasteiger partial charge in [-0.15, -0.1) is 0 Å². The maximum atomic E-state index is 12.0. The molecule has 27 heavy (non-hydrogen) atoms. The Bertz CT molecular complexity index is 692. The third-order valence-electron chi connectivity index (χ3n) is 4.54. The van der Waals surface area contributed by atoms with Gasteiger partial charge in [0.2, 0.25) is 0 Å². The molecular weight excluding hydrogens is 358 g/mol. The number of carboxylic acids is 1. The minimum Gasteiger partial charge on any atom is -0.508 e. The number of allylic oxidation sites excluding steroid dienone is 1. The lowest BCUT2D eigenvalue weighted by Crippen LogP contribution is -2.31. The second-order valence-corrected chi connectivity index (χ2v) is 9.12. The quantitative estimate of drug-likeness (QED) is 0.542. The summed E-state index contributed by atoms with van der Waals surface area (Å²) < 4.78 is 0. The molecule has 5 heteroatoms. The largest absolute Gasteiger partial charge is 0.508 e. The fourth-order valence-corrected chi connectivity index (χ4v) is 4.18. The van der Waals surface area contributed by atoms with Crippen LogP contribution in [0, 0.1) is 11.8 Å². The topological polar surface area (TPSA) is 60.8 Å². The Kier molecular flexibility index (Phi) is 7.84. The van der Waals surface area contributed by atoms with Crippen molar-refractivity contribution in [3.63, 3.8) is 0 Å². The minimum atomic E-state index is -0.895. The summed E-state index contributed by atoms with van der Waals surface area (Å²) in [4.78, 5) is 15.5. The lowest BCUT2D eigenvalue weighted by atomic mass is 10.1. The van der Waals surface area contributed by atoms with Gasteiger partial charge in [-0.3, -0.25) is 0 Å². The average molecular weight is 390 g/mol. The first-order chi connectivity index (χ1) is 12.8. The first-order valence-corrected chi connectivity index (χ1v) is 10.5. The Balaban J connectivity index is 2.25. The van der Waals surface area contributed by atoms with Crippen LogP contribution in [0.25, 0.3) is 6.08 Å². The van der Waals surface area contributed by atoms with E-state index in [1.165, 1.54) is 4.91 Å². The number of phenolic OH excluding ortho intramolecular Hbond substituents is 1. The van der Waals surface area contributed by atoms with Gasteiger partial charge in [-0.1, -0.05) is 51.6 Å². The molecule has 4 nitrogen and oxygen atoms in total. The maximum absolute atomic E-state index is 12.0. The molecule has 1 aliphatic heterocycles. The van der Waals surface area contributed by atoms with Gasteiger partial charge in [-0.25, -0.2) is 4.79 Å². The first-order valence-electron chi connectivity index (χ1n) is 9.63. The van der Waals surface area contributed by atoms with Gasteiger partial charge in [0.05, 0.1) is 5.57 Å². The number of hydrogen-bond acceptors (Lipinski definition) is 4. The molecule has 1 aromatic carbocycles. The van der Waals surface area contributed by atoms with Gasteiger partial charge in [0.15, 0.2) is 0 Å². The van der Waals surface area contributed by atoms with E-state index in [1.54, 1.807) is 42.1 Å². The number of phenols is 1. The van der Waals surface area contributed by atoms with Gasteiger partial charge in [0.1, 0.15) is 11.1 Å². The molecule has 0 spiro atoms. The predicted molar refractivity (Wildman–Crippen MR) is 113 cm³/mol. The third-order valence-corrected chi connectivity index (χ3v) is 5.90. The highest BCUT2D eigenvalue weighted by molar-refractivity contribution is 8.04. The van der Waals surface area contributed by atoms with Gasteiger partial charge in [-0.2, -0.15) is 0 Å². The molecule has 0 saturated heterocycles. The zero-order valence-electron chi connectivity index (χ0n) is 16.7. The summed E-state index contributed by atoms with van der Waals surface area (Å²) in [7, 11) is 0. The number of carboxylic acid groups (broad SMARTS) is 1. The number of aliphatic carboxylic acids is 1. The number of aromatic hydroxyl groups is 1. The SMILES string of the molecule is CC(C)CCC1=CN(CCC(C)C)C(C(=Cc2ccc(O)cc2)C(=O)O)S1. The van der Waals surface area contributed by atoms with E-state index < -0.39 is 5.97 Å². The van der Waals surface area contributed by atoms with Gasteiger partial charge in [0, 0.05) is 17.6 Å². The molecule has 0 radical (unpaired) electrons. The highest BCUT2D eigenvalue weighted by Crippen LogP contribution is 2.40. The fraction of sp³-hybridized carbons (Fsp3) is 0.500. The summed E-state index contributed by atoms with van der Waals surface area (Å²) in [5.41, 5.74) is 1.16. The van der Waals surface area contributed by atoms with E-state index in [-0.39, 0.29) is 11.1 Å². The van der Waals surface area contributed by atoms with Crippen LogP contribution in [0.3, 0.4) is 0 Å². The highest BCUT2D eigenvalue weighted by Gasteiger charge is 2.31. The molecule has 0 saturated carbocycles.